The predicted octanol–water partition coefficient (Wildman–Crippen LogP) is 4.56. The van der Waals surface area contributed by atoms with Gasteiger partial charge in [0, 0.05) is 30.8 Å². The van der Waals surface area contributed by atoms with Crippen LogP contribution in [0, 0.1) is 11.3 Å². The SMILES string of the molecule is CC1C=NC(c2ccc3sc(C4CC5(C4)CN(C)C5)nc3c2)=CC1. The second-order valence-electron chi connectivity index (χ2n) is 8.09. The molecular formula is C20H23N3S. The maximum Gasteiger partial charge on any atom is 0.0969 e. The highest BCUT2D eigenvalue weighted by molar-refractivity contribution is 7.18. The summed E-state index contributed by atoms with van der Waals surface area (Å²) in [6.07, 6.45) is 8.06. The lowest BCUT2D eigenvalue weighted by molar-refractivity contribution is -0.0584. The van der Waals surface area contributed by atoms with E-state index in [2.05, 4.69) is 54.4 Å². The Balaban J connectivity index is 1.38. The van der Waals surface area contributed by atoms with Crippen molar-refractivity contribution in [3.8, 4) is 0 Å². The molecule has 24 heavy (non-hydrogen) atoms. The number of allylic oxidation sites excluding steroid dienone is 1. The third kappa shape index (κ3) is 2.35. The van der Waals surface area contributed by atoms with Gasteiger partial charge in [0.2, 0.25) is 0 Å². The minimum absolute atomic E-state index is 0.555. The van der Waals surface area contributed by atoms with Crippen LogP contribution in [0.3, 0.4) is 0 Å². The van der Waals surface area contributed by atoms with Crippen LogP contribution in [0.15, 0.2) is 29.3 Å². The van der Waals surface area contributed by atoms with Crippen LogP contribution in [0.4, 0.5) is 0 Å². The van der Waals surface area contributed by atoms with E-state index < -0.39 is 0 Å². The van der Waals surface area contributed by atoms with E-state index in [1.54, 1.807) is 0 Å². The van der Waals surface area contributed by atoms with Crippen molar-refractivity contribution in [2.24, 2.45) is 16.3 Å². The fourth-order valence-electron chi connectivity index (χ4n) is 4.61. The van der Waals surface area contributed by atoms with Gasteiger partial charge < -0.3 is 4.90 Å². The van der Waals surface area contributed by atoms with Crippen LogP contribution in [0.5, 0.6) is 0 Å². The van der Waals surface area contributed by atoms with Crippen molar-refractivity contribution in [3.05, 3.63) is 34.8 Å². The fourth-order valence-corrected chi connectivity index (χ4v) is 5.66. The number of benzene rings is 1. The largest absolute Gasteiger partial charge is 0.305 e. The zero-order chi connectivity index (χ0) is 16.3. The molecule has 2 aromatic rings. The normalized spacial score (nSPS) is 26.4. The third-order valence-electron chi connectivity index (χ3n) is 5.77. The van der Waals surface area contributed by atoms with E-state index in [1.165, 1.54) is 41.2 Å². The van der Waals surface area contributed by atoms with E-state index >= 15 is 0 Å². The zero-order valence-electron chi connectivity index (χ0n) is 14.3. The topological polar surface area (TPSA) is 28.5 Å². The molecule has 124 valence electrons. The van der Waals surface area contributed by atoms with Gasteiger partial charge in [-0.15, -0.1) is 11.3 Å². The van der Waals surface area contributed by atoms with Crippen LogP contribution in [0.25, 0.3) is 15.9 Å². The Morgan fingerprint density at radius 2 is 2.08 bits per heavy atom. The zero-order valence-corrected chi connectivity index (χ0v) is 15.1. The smallest absolute Gasteiger partial charge is 0.0969 e. The highest BCUT2D eigenvalue weighted by atomic mass is 32.1. The Kier molecular flexibility index (Phi) is 3.23. The number of fused-ring (bicyclic) bond motifs is 1. The van der Waals surface area contributed by atoms with Crippen molar-refractivity contribution >= 4 is 33.5 Å². The van der Waals surface area contributed by atoms with E-state index in [0.29, 0.717) is 17.3 Å². The molecule has 5 rings (SSSR count). The molecule has 1 saturated carbocycles. The van der Waals surface area contributed by atoms with Gasteiger partial charge in [0.15, 0.2) is 0 Å². The number of thiazole rings is 1. The van der Waals surface area contributed by atoms with Crippen LogP contribution in [-0.4, -0.2) is 36.2 Å². The van der Waals surface area contributed by atoms with E-state index in [-0.39, 0.29) is 0 Å². The molecule has 0 N–H and O–H groups in total. The number of hydrogen-bond donors (Lipinski definition) is 0. The standard InChI is InChI=1S/C20H23N3S/c1-13-3-5-16(21-10-13)14-4-6-18-17(7-14)22-19(24-18)15-8-20(9-15)11-23(2)12-20/h4-7,10,13,15H,3,8-9,11-12H2,1-2H3. The highest BCUT2D eigenvalue weighted by Crippen LogP contribution is 2.56. The lowest BCUT2D eigenvalue weighted by Gasteiger charge is -2.58. The first kappa shape index (κ1) is 14.8. The molecular weight excluding hydrogens is 314 g/mol. The molecule has 1 saturated heterocycles. The Morgan fingerprint density at radius 1 is 1.25 bits per heavy atom. The fraction of sp³-hybridized carbons (Fsp3) is 0.500. The monoisotopic (exact) mass is 337 g/mol. The summed E-state index contributed by atoms with van der Waals surface area (Å²) in [5, 5.41) is 1.34. The molecule has 4 heteroatoms. The Morgan fingerprint density at radius 3 is 2.79 bits per heavy atom. The molecule has 1 aliphatic carbocycles. The van der Waals surface area contributed by atoms with Gasteiger partial charge in [0.25, 0.3) is 0 Å². The Bertz CT molecular complexity index is 849. The van der Waals surface area contributed by atoms with Crippen molar-refractivity contribution in [1.82, 2.24) is 9.88 Å². The van der Waals surface area contributed by atoms with Crippen molar-refractivity contribution in [3.63, 3.8) is 0 Å². The molecule has 1 aromatic heterocycles. The second kappa shape index (κ2) is 5.24. The first-order valence-corrected chi connectivity index (χ1v) is 9.76. The van der Waals surface area contributed by atoms with E-state index in [0.717, 1.165) is 17.6 Å². The van der Waals surface area contributed by atoms with Crippen LogP contribution < -0.4 is 0 Å². The molecule has 2 fully saturated rings. The first-order chi connectivity index (χ1) is 11.6. The van der Waals surface area contributed by atoms with Gasteiger partial charge >= 0.3 is 0 Å². The van der Waals surface area contributed by atoms with Crippen LogP contribution in [0.1, 0.15) is 42.7 Å². The lowest BCUT2D eigenvalue weighted by atomic mass is 9.58. The summed E-state index contributed by atoms with van der Waals surface area (Å²) < 4.78 is 1.31. The number of nitrogens with zero attached hydrogens (tertiary/aromatic N) is 3. The maximum atomic E-state index is 4.97. The van der Waals surface area contributed by atoms with Gasteiger partial charge in [-0.1, -0.05) is 19.1 Å². The van der Waals surface area contributed by atoms with Crippen molar-refractivity contribution in [1.29, 1.82) is 0 Å². The van der Waals surface area contributed by atoms with E-state index in [9.17, 15) is 0 Å². The molecule has 0 bridgehead atoms. The highest BCUT2D eigenvalue weighted by Gasteiger charge is 2.52. The van der Waals surface area contributed by atoms with Gasteiger partial charge in [-0.05, 0) is 49.8 Å². The van der Waals surface area contributed by atoms with Crippen molar-refractivity contribution in [2.45, 2.75) is 32.1 Å². The molecule has 1 aromatic carbocycles. The lowest BCUT2D eigenvalue weighted by Crippen LogP contribution is -2.59. The van der Waals surface area contributed by atoms with Gasteiger partial charge in [0.05, 0.1) is 20.9 Å². The molecule has 1 atom stereocenters. The minimum atomic E-state index is 0.555. The van der Waals surface area contributed by atoms with E-state index in [4.69, 9.17) is 4.98 Å². The number of hydrogen-bond acceptors (Lipinski definition) is 4. The molecule has 2 aliphatic heterocycles. The minimum Gasteiger partial charge on any atom is -0.305 e. The molecule has 0 amide bonds. The van der Waals surface area contributed by atoms with Crippen LogP contribution in [-0.2, 0) is 0 Å². The molecule has 1 spiro atoms. The molecule has 3 aliphatic rings. The average Bonchev–Trinajstić information content (AvgIpc) is 2.92. The Hall–Kier alpha value is -1.52. The van der Waals surface area contributed by atoms with Crippen LogP contribution >= 0.6 is 11.3 Å². The third-order valence-corrected chi connectivity index (χ3v) is 6.97. The predicted molar refractivity (Wildman–Crippen MR) is 102 cm³/mol. The van der Waals surface area contributed by atoms with Gasteiger partial charge in [-0.3, -0.25) is 4.99 Å². The quantitative estimate of drug-likeness (QED) is 0.804. The summed E-state index contributed by atoms with van der Waals surface area (Å²) in [7, 11) is 2.22. The second-order valence-corrected chi connectivity index (χ2v) is 9.15. The number of likely N-dealkylation sites (tertiary alicyclic amines) is 1. The van der Waals surface area contributed by atoms with Crippen molar-refractivity contribution in [2.75, 3.05) is 20.1 Å². The Labute approximate surface area is 147 Å². The average molecular weight is 337 g/mol. The molecule has 3 heterocycles. The number of rotatable bonds is 2. The van der Waals surface area contributed by atoms with Gasteiger partial charge in [0.1, 0.15) is 0 Å². The summed E-state index contributed by atoms with van der Waals surface area (Å²) in [6, 6.07) is 6.65. The summed E-state index contributed by atoms with van der Waals surface area (Å²) in [5.41, 5.74) is 4.08. The first-order valence-electron chi connectivity index (χ1n) is 8.94. The van der Waals surface area contributed by atoms with Crippen molar-refractivity contribution < 1.29 is 0 Å². The molecule has 1 unspecified atom stereocenters. The van der Waals surface area contributed by atoms with Gasteiger partial charge in [-0.2, -0.15) is 0 Å². The summed E-state index contributed by atoms with van der Waals surface area (Å²) in [5.74, 6) is 1.24. The summed E-state index contributed by atoms with van der Waals surface area (Å²) >= 11 is 1.89. The van der Waals surface area contributed by atoms with E-state index in [1.807, 2.05) is 11.3 Å². The van der Waals surface area contributed by atoms with Crippen LogP contribution in [0.2, 0.25) is 0 Å². The maximum absolute atomic E-state index is 4.97. The molecule has 0 radical (unpaired) electrons. The number of aliphatic imine (C=N–C) groups is 1. The summed E-state index contributed by atoms with van der Waals surface area (Å²) in [6.45, 7) is 4.77. The number of aromatic nitrogens is 1. The molecule has 3 nitrogen and oxygen atoms in total. The van der Waals surface area contributed by atoms with Gasteiger partial charge in [-0.25, -0.2) is 4.98 Å². The summed E-state index contributed by atoms with van der Waals surface area (Å²) in [4.78, 5) is 12.0.